The number of hydrogen-bond donors (Lipinski definition) is 1. The maximum absolute atomic E-state index is 4.49. The Balaban J connectivity index is 1.77. The molecule has 2 aliphatic rings. The molecule has 1 unspecified atom stereocenters. The molecule has 106 valence electrons. The van der Waals surface area contributed by atoms with Gasteiger partial charge in [0.1, 0.15) is 5.01 Å². The molecule has 1 atom stereocenters. The van der Waals surface area contributed by atoms with Crippen LogP contribution in [0.3, 0.4) is 0 Å². The number of piperazine rings is 1. The monoisotopic (exact) mass is 279 g/mol. The highest BCUT2D eigenvalue weighted by atomic mass is 32.1. The molecule has 0 amide bonds. The predicted octanol–water partition coefficient (Wildman–Crippen LogP) is 2.89. The van der Waals surface area contributed by atoms with Crippen LogP contribution in [-0.2, 0) is 6.54 Å². The van der Waals surface area contributed by atoms with Crippen LogP contribution in [0.25, 0.3) is 0 Å². The highest BCUT2D eigenvalue weighted by Gasteiger charge is 2.43. The SMILES string of the molecule is CC(C)C1CN(Cc2nccs2)C2(CCCC2)CN1. The van der Waals surface area contributed by atoms with Crippen LogP contribution in [-0.4, -0.2) is 34.6 Å². The highest BCUT2D eigenvalue weighted by Crippen LogP contribution is 2.38. The maximum Gasteiger partial charge on any atom is 0.107 e. The van der Waals surface area contributed by atoms with Gasteiger partial charge in [-0.25, -0.2) is 4.98 Å². The molecule has 1 aliphatic heterocycles. The van der Waals surface area contributed by atoms with Crippen molar-refractivity contribution in [3.63, 3.8) is 0 Å². The standard InChI is InChI=1S/C15H25N3S/c1-12(2)13-9-18(10-14-16-7-8-19-14)15(11-17-13)5-3-4-6-15/h7-8,12-13,17H,3-6,9-11H2,1-2H3. The first kappa shape index (κ1) is 13.5. The molecule has 1 spiro atoms. The quantitative estimate of drug-likeness (QED) is 0.922. The molecule has 0 aromatic carbocycles. The summed E-state index contributed by atoms with van der Waals surface area (Å²) >= 11 is 1.80. The van der Waals surface area contributed by atoms with Crippen molar-refractivity contribution in [2.75, 3.05) is 13.1 Å². The molecule has 0 bridgehead atoms. The van der Waals surface area contributed by atoms with E-state index in [4.69, 9.17) is 0 Å². The zero-order chi connectivity index (χ0) is 13.3. The average Bonchev–Trinajstić information content (AvgIpc) is 3.04. The first-order chi connectivity index (χ1) is 9.20. The van der Waals surface area contributed by atoms with Crippen molar-refractivity contribution >= 4 is 11.3 Å². The van der Waals surface area contributed by atoms with E-state index in [2.05, 4.69) is 34.4 Å². The lowest BCUT2D eigenvalue weighted by molar-refractivity contribution is 0.0260. The van der Waals surface area contributed by atoms with E-state index in [1.54, 1.807) is 11.3 Å². The molecular formula is C15H25N3S. The van der Waals surface area contributed by atoms with E-state index in [9.17, 15) is 0 Å². The Morgan fingerprint density at radius 1 is 1.47 bits per heavy atom. The fraction of sp³-hybridized carbons (Fsp3) is 0.800. The number of nitrogens with zero attached hydrogens (tertiary/aromatic N) is 2. The molecule has 1 aromatic rings. The summed E-state index contributed by atoms with van der Waals surface area (Å²) < 4.78 is 0. The number of nitrogens with one attached hydrogen (secondary N) is 1. The molecule has 2 heterocycles. The third kappa shape index (κ3) is 2.71. The minimum atomic E-state index is 0.414. The Morgan fingerprint density at radius 3 is 2.89 bits per heavy atom. The Hall–Kier alpha value is -0.450. The topological polar surface area (TPSA) is 28.2 Å². The number of hydrogen-bond acceptors (Lipinski definition) is 4. The molecule has 1 aromatic heterocycles. The van der Waals surface area contributed by atoms with E-state index < -0.39 is 0 Å². The third-order valence-electron chi connectivity index (χ3n) is 4.93. The van der Waals surface area contributed by atoms with Gasteiger partial charge in [0.15, 0.2) is 0 Å². The highest BCUT2D eigenvalue weighted by molar-refractivity contribution is 7.09. The second-order valence-corrected chi connectivity index (χ2v) is 7.45. The van der Waals surface area contributed by atoms with Crippen molar-refractivity contribution in [3.8, 4) is 0 Å². The van der Waals surface area contributed by atoms with Gasteiger partial charge < -0.3 is 5.32 Å². The Morgan fingerprint density at radius 2 is 2.26 bits per heavy atom. The van der Waals surface area contributed by atoms with E-state index in [0.29, 0.717) is 17.5 Å². The van der Waals surface area contributed by atoms with Gasteiger partial charge in [0.25, 0.3) is 0 Å². The van der Waals surface area contributed by atoms with Gasteiger partial charge in [0, 0.05) is 36.2 Å². The van der Waals surface area contributed by atoms with Gasteiger partial charge in [0.2, 0.25) is 0 Å². The summed E-state index contributed by atoms with van der Waals surface area (Å²) in [5, 5.41) is 7.17. The van der Waals surface area contributed by atoms with Gasteiger partial charge >= 0.3 is 0 Å². The van der Waals surface area contributed by atoms with Gasteiger partial charge in [0.05, 0.1) is 6.54 Å². The number of aromatic nitrogens is 1. The smallest absolute Gasteiger partial charge is 0.107 e. The zero-order valence-electron chi connectivity index (χ0n) is 12.1. The zero-order valence-corrected chi connectivity index (χ0v) is 12.9. The summed E-state index contributed by atoms with van der Waals surface area (Å²) in [5.41, 5.74) is 0.414. The van der Waals surface area contributed by atoms with Crippen LogP contribution in [0.5, 0.6) is 0 Å². The van der Waals surface area contributed by atoms with Gasteiger partial charge in [-0.2, -0.15) is 0 Å². The Bertz CT molecular complexity index is 396. The van der Waals surface area contributed by atoms with Crippen molar-refractivity contribution in [2.45, 2.75) is 57.7 Å². The van der Waals surface area contributed by atoms with Crippen molar-refractivity contribution in [1.82, 2.24) is 15.2 Å². The number of rotatable bonds is 3. The summed E-state index contributed by atoms with van der Waals surface area (Å²) in [4.78, 5) is 7.23. The van der Waals surface area contributed by atoms with Crippen molar-refractivity contribution in [2.24, 2.45) is 5.92 Å². The normalized spacial score (nSPS) is 27.4. The van der Waals surface area contributed by atoms with Crippen LogP contribution in [0, 0.1) is 5.92 Å². The number of thiazole rings is 1. The van der Waals surface area contributed by atoms with E-state index >= 15 is 0 Å². The lowest BCUT2D eigenvalue weighted by Gasteiger charge is -2.49. The molecule has 1 aliphatic carbocycles. The molecule has 1 saturated carbocycles. The molecule has 3 rings (SSSR count). The van der Waals surface area contributed by atoms with Crippen LogP contribution in [0.4, 0.5) is 0 Å². The largest absolute Gasteiger partial charge is 0.311 e. The van der Waals surface area contributed by atoms with Crippen molar-refractivity contribution in [1.29, 1.82) is 0 Å². The minimum Gasteiger partial charge on any atom is -0.311 e. The van der Waals surface area contributed by atoms with Crippen LogP contribution in [0.15, 0.2) is 11.6 Å². The fourth-order valence-electron chi connectivity index (χ4n) is 3.63. The van der Waals surface area contributed by atoms with Crippen molar-refractivity contribution in [3.05, 3.63) is 16.6 Å². The van der Waals surface area contributed by atoms with E-state index in [1.165, 1.54) is 43.8 Å². The Kier molecular flexibility index (Phi) is 3.92. The van der Waals surface area contributed by atoms with Crippen LogP contribution in [0.2, 0.25) is 0 Å². The molecule has 0 radical (unpaired) electrons. The first-order valence-corrected chi connectivity index (χ1v) is 8.44. The lowest BCUT2D eigenvalue weighted by atomic mass is 9.88. The summed E-state index contributed by atoms with van der Waals surface area (Å²) in [6.45, 7) is 8.04. The van der Waals surface area contributed by atoms with Gasteiger partial charge in [-0.3, -0.25) is 4.90 Å². The lowest BCUT2D eigenvalue weighted by Crippen LogP contribution is -2.64. The fourth-order valence-corrected chi connectivity index (χ4v) is 4.26. The molecule has 4 heteroatoms. The second-order valence-electron chi connectivity index (χ2n) is 6.47. The Labute approximate surface area is 120 Å². The molecule has 1 saturated heterocycles. The molecular weight excluding hydrogens is 254 g/mol. The first-order valence-electron chi connectivity index (χ1n) is 7.56. The van der Waals surface area contributed by atoms with Gasteiger partial charge in [-0.15, -0.1) is 11.3 Å². The third-order valence-corrected chi connectivity index (χ3v) is 5.69. The van der Waals surface area contributed by atoms with E-state index in [-0.39, 0.29) is 0 Å². The van der Waals surface area contributed by atoms with E-state index in [1.807, 2.05) is 6.20 Å². The van der Waals surface area contributed by atoms with Crippen LogP contribution >= 0.6 is 11.3 Å². The molecule has 1 N–H and O–H groups in total. The van der Waals surface area contributed by atoms with E-state index in [0.717, 1.165) is 6.54 Å². The molecule has 19 heavy (non-hydrogen) atoms. The summed E-state index contributed by atoms with van der Waals surface area (Å²) in [7, 11) is 0. The van der Waals surface area contributed by atoms with Gasteiger partial charge in [-0.05, 0) is 18.8 Å². The van der Waals surface area contributed by atoms with Crippen LogP contribution < -0.4 is 5.32 Å². The predicted molar refractivity (Wildman–Crippen MR) is 80.4 cm³/mol. The minimum absolute atomic E-state index is 0.414. The average molecular weight is 279 g/mol. The second kappa shape index (κ2) is 5.51. The summed E-state index contributed by atoms with van der Waals surface area (Å²) in [6.07, 6.45) is 7.43. The van der Waals surface area contributed by atoms with Crippen LogP contribution in [0.1, 0.15) is 44.5 Å². The van der Waals surface area contributed by atoms with Gasteiger partial charge in [-0.1, -0.05) is 26.7 Å². The summed E-state index contributed by atoms with van der Waals surface area (Å²) in [6, 6.07) is 0.631. The molecule has 3 nitrogen and oxygen atoms in total. The molecule has 2 fully saturated rings. The maximum atomic E-state index is 4.49. The summed E-state index contributed by atoms with van der Waals surface area (Å²) in [5.74, 6) is 0.706. The van der Waals surface area contributed by atoms with Crippen molar-refractivity contribution < 1.29 is 0 Å².